The summed E-state index contributed by atoms with van der Waals surface area (Å²) in [5, 5.41) is 13.0. The molecule has 30 heavy (non-hydrogen) atoms. The number of carbonyl (C=O) groups is 2. The highest BCUT2D eigenvalue weighted by atomic mass is 32.1. The van der Waals surface area contributed by atoms with Crippen molar-refractivity contribution in [2.75, 3.05) is 36.0 Å². The van der Waals surface area contributed by atoms with Crippen molar-refractivity contribution in [3.05, 3.63) is 29.8 Å². The van der Waals surface area contributed by atoms with Gasteiger partial charge in [-0.25, -0.2) is 0 Å². The van der Waals surface area contributed by atoms with Crippen LogP contribution in [0, 0.1) is 5.92 Å². The van der Waals surface area contributed by atoms with Gasteiger partial charge in [0, 0.05) is 38.2 Å². The smallest absolute Gasteiger partial charge is 0.228 e. The Morgan fingerprint density at radius 1 is 1.23 bits per heavy atom. The molecule has 8 nitrogen and oxygen atoms in total. The van der Waals surface area contributed by atoms with Gasteiger partial charge in [0.1, 0.15) is 5.75 Å². The number of ether oxygens (including phenoxy) is 1. The third-order valence-corrected chi connectivity index (χ3v) is 6.50. The van der Waals surface area contributed by atoms with Crippen molar-refractivity contribution in [3.8, 4) is 5.75 Å². The molecule has 1 aromatic heterocycles. The number of nitrogens with zero attached hydrogens (tertiary/aromatic N) is 4. The van der Waals surface area contributed by atoms with Gasteiger partial charge in [0.2, 0.25) is 22.1 Å². The van der Waals surface area contributed by atoms with Gasteiger partial charge >= 0.3 is 0 Å². The predicted octanol–water partition coefficient (Wildman–Crippen LogP) is 2.60. The van der Waals surface area contributed by atoms with Gasteiger partial charge in [-0.2, -0.15) is 0 Å². The van der Waals surface area contributed by atoms with Crippen LogP contribution in [0.15, 0.2) is 24.3 Å². The van der Waals surface area contributed by atoms with Crippen LogP contribution in [-0.4, -0.2) is 48.3 Å². The van der Waals surface area contributed by atoms with E-state index in [0.717, 1.165) is 42.3 Å². The first-order chi connectivity index (χ1) is 14.7. The summed E-state index contributed by atoms with van der Waals surface area (Å²) < 4.78 is 5.64. The molecule has 2 aliphatic heterocycles. The van der Waals surface area contributed by atoms with E-state index in [1.165, 1.54) is 11.3 Å². The minimum absolute atomic E-state index is 0.0467. The standard InChI is InChI=1S/C21H27N5O3S/c1-2-29-17-9-4-3-7-15(17)13-22-19(28)16-8-5-11-25(14-16)20-23-24-21(30-20)26-12-6-10-18(26)27/h3-4,7,9,16H,2,5-6,8,10-14H2,1H3,(H,22,28). The van der Waals surface area contributed by atoms with Crippen LogP contribution in [0.2, 0.25) is 0 Å². The molecule has 0 saturated carbocycles. The number of rotatable bonds is 7. The molecule has 0 spiro atoms. The predicted molar refractivity (Wildman–Crippen MR) is 116 cm³/mol. The number of benzene rings is 1. The van der Waals surface area contributed by atoms with E-state index in [2.05, 4.69) is 20.4 Å². The number of amides is 2. The van der Waals surface area contributed by atoms with Crippen LogP contribution in [0.25, 0.3) is 0 Å². The van der Waals surface area contributed by atoms with Crippen molar-refractivity contribution >= 4 is 33.4 Å². The molecule has 2 fully saturated rings. The zero-order valence-electron chi connectivity index (χ0n) is 17.2. The minimum atomic E-state index is -0.0984. The van der Waals surface area contributed by atoms with Gasteiger partial charge in [0.05, 0.1) is 12.5 Å². The van der Waals surface area contributed by atoms with E-state index < -0.39 is 0 Å². The van der Waals surface area contributed by atoms with Gasteiger partial charge in [0.15, 0.2) is 0 Å². The molecule has 1 aromatic carbocycles. The summed E-state index contributed by atoms with van der Waals surface area (Å²) in [5.74, 6) is 0.869. The number of hydrogen-bond acceptors (Lipinski definition) is 7. The maximum Gasteiger partial charge on any atom is 0.228 e. The quantitative estimate of drug-likeness (QED) is 0.728. The molecule has 4 rings (SSSR count). The number of nitrogens with one attached hydrogen (secondary N) is 1. The Hall–Kier alpha value is -2.68. The summed E-state index contributed by atoms with van der Waals surface area (Å²) in [5.41, 5.74) is 0.976. The zero-order chi connectivity index (χ0) is 20.9. The zero-order valence-corrected chi connectivity index (χ0v) is 18.0. The second kappa shape index (κ2) is 9.42. The molecule has 9 heteroatoms. The first-order valence-corrected chi connectivity index (χ1v) is 11.3. The van der Waals surface area contributed by atoms with Gasteiger partial charge in [-0.15, -0.1) is 10.2 Å². The van der Waals surface area contributed by atoms with Gasteiger partial charge < -0.3 is 15.0 Å². The molecule has 1 atom stereocenters. The lowest BCUT2D eigenvalue weighted by Crippen LogP contribution is -2.43. The highest BCUT2D eigenvalue weighted by Gasteiger charge is 2.30. The summed E-state index contributed by atoms with van der Waals surface area (Å²) in [6.45, 7) is 5.16. The minimum Gasteiger partial charge on any atom is -0.494 e. The van der Waals surface area contributed by atoms with Crippen molar-refractivity contribution in [3.63, 3.8) is 0 Å². The summed E-state index contributed by atoms with van der Waals surface area (Å²) >= 11 is 1.43. The number of para-hydroxylation sites is 1. The lowest BCUT2D eigenvalue weighted by Gasteiger charge is -2.31. The Balaban J connectivity index is 1.35. The maximum atomic E-state index is 12.8. The Morgan fingerprint density at radius 3 is 2.87 bits per heavy atom. The van der Waals surface area contributed by atoms with Crippen molar-refractivity contribution in [1.29, 1.82) is 0 Å². The first-order valence-electron chi connectivity index (χ1n) is 10.5. The number of carbonyl (C=O) groups excluding carboxylic acids is 2. The number of piperidine rings is 1. The van der Waals surface area contributed by atoms with E-state index in [1.807, 2.05) is 31.2 Å². The van der Waals surface area contributed by atoms with Gasteiger partial charge in [-0.05, 0) is 32.3 Å². The van der Waals surface area contributed by atoms with Gasteiger partial charge in [0.25, 0.3) is 0 Å². The third kappa shape index (κ3) is 4.56. The number of anilines is 2. The van der Waals surface area contributed by atoms with Gasteiger partial charge in [-0.1, -0.05) is 29.5 Å². The van der Waals surface area contributed by atoms with Gasteiger partial charge in [-0.3, -0.25) is 14.5 Å². The number of aromatic nitrogens is 2. The molecule has 0 radical (unpaired) electrons. The molecular formula is C21H27N5O3S. The van der Waals surface area contributed by atoms with E-state index in [9.17, 15) is 9.59 Å². The van der Waals surface area contributed by atoms with Crippen LogP contribution in [-0.2, 0) is 16.1 Å². The highest BCUT2D eigenvalue weighted by Crippen LogP contribution is 2.32. The summed E-state index contributed by atoms with van der Waals surface area (Å²) in [4.78, 5) is 28.6. The molecule has 1 N–H and O–H groups in total. The van der Waals surface area contributed by atoms with Crippen LogP contribution in [0.1, 0.15) is 38.2 Å². The second-order valence-corrected chi connectivity index (χ2v) is 8.49. The average Bonchev–Trinajstić information content (AvgIpc) is 3.42. The normalized spacial score (nSPS) is 19.2. The van der Waals surface area contributed by atoms with Crippen molar-refractivity contribution in [2.45, 2.75) is 39.2 Å². The van der Waals surface area contributed by atoms with E-state index in [0.29, 0.717) is 37.8 Å². The molecule has 160 valence electrons. The monoisotopic (exact) mass is 429 g/mol. The molecule has 1 unspecified atom stereocenters. The molecule has 2 aromatic rings. The fraction of sp³-hybridized carbons (Fsp3) is 0.524. The van der Waals surface area contributed by atoms with E-state index in [1.54, 1.807) is 4.90 Å². The molecular weight excluding hydrogens is 402 g/mol. The second-order valence-electron chi connectivity index (χ2n) is 7.56. The number of hydrogen-bond donors (Lipinski definition) is 1. The lowest BCUT2D eigenvalue weighted by molar-refractivity contribution is -0.125. The van der Waals surface area contributed by atoms with E-state index in [4.69, 9.17) is 4.74 Å². The van der Waals surface area contributed by atoms with Crippen molar-refractivity contribution in [1.82, 2.24) is 15.5 Å². The largest absolute Gasteiger partial charge is 0.494 e. The molecule has 2 aliphatic rings. The Bertz CT molecular complexity index is 902. The van der Waals surface area contributed by atoms with Crippen LogP contribution in [0.5, 0.6) is 5.75 Å². The molecule has 3 heterocycles. The van der Waals surface area contributed by atoms with Crippen LogP contribution in [0.3, 0.4) is 0 Å². The molecule has 0 aliphatic carbocycles. The fourth-order valence-corrected chi connectivity index (χ4v) is 4.86. The Labute approximate surface area is 180 Å². The molecule has 2 amide bonds. The first kappa shape index (κ1) is 20.6. The molecule has 0 bridgehead atoms. The van der Waals surface area contributed by atoms with Crippen LogP contribution in [0.4, 0.5) is 10.3 Å². The maximum absolute atomic E-state index is 12.8. The molecule has 2 saturated heterocycles. The SMILES string of the molecule is CCOc1ccccc1CNC(=O)C1CCCN(c2nnc(N3CCCC3=O)s2)C1. The Kier molecular flexibility index (Phi) is 6.47. The topological polar surface area (TPSA) is 87.7 Å². The highest BCUT2D eigenvalue weighted by molar-refractivity contribution is 7.19. The third-order valence-electron chi connectivity index (χ3n) is 5.50. The van der Waals surface area contributed by atoms with E-state index in [-0.39, 0.29) is 17.7 Å². The lowest BCUT2D eigenvalue weighted by atomic mass is 9.97. The summed E-state index contributed by atoms with van der Waals surface area (Å²) in [6, 6.07) is 7.78. The summed E-state index contributed by atoms with van der Waals surface area (Å²) in [6.07, 6.45) is 3.22. The van der Waals surface area contributed by atoms with E-state index >= 15 is 0 Å². The average molecular weight is 430 g/mol. The van der Waals surface area contributed by atoms with Crippen LogP contribution >= 0.6 is 11.3 Å². The summed E-state index contributed by atoms with van der Waals surface area (Å²) in [7, 11) is 0. The van der Waals surface area contributed by atoms with Crippen molar-refractivity contribution in [2.24, 2.45) is 5.92 Å². The van der Waals surface area contributed by atoms with Crippen LogP contribution < -0.4 is 19.9 Å². The van der Waals surface area contributed by atoms with Crippen molar-refractivity contribution < 1.29 is 14.3 Å². The Morgan fingerprint density at radius 2 is 2.07 bits per heavy atom. The fourth-order valence-electron chi connectivity index (χ4n) is 3.93.